The Bertz CT molecular complexity index is 132. The van der Waals surface area contributed by atoms with E-state index < -0.39 is 30.1 Å². The van der Waals surface area contributed by atoms with E-state index in [1.807, 2.05) is 0 Å². The van der Waals surface area contributed by atoms with Gasteiger partial charge in [-0.3, -0.25) is 0 Å². The molecule has 0 saturated heterocycles. The topological polar surface area (TPSA) is 156 Å². The third kappa shape index (κ3) is 49.8. The molecule has 0 spiro atoms. The van der Waals surface area contributed by atoms with Crippen molar-refractivity contribution in [2.45, 2.75) is 0 Å². The minimum absolute atomic E-state index is 0. The molecule has 8 nitrogen and oxygen atoms in total. The van der Waals surface area contributed by atoms with E-state index in [1.54, 1.807) is 0 Å². The molecule has 0 aliphatic rings. The molecular weight excluding hydrogens is 207 g/mol. The van der Waals surface area contributed by atoms with E-state index in [9.17, 15) is 0 Å². The molecule has 12 heavy (non-hydrogen) atoms. The summed E-state index contributed by atoms with van der Waals surface area (Å²) in [6, 6.07) is 0. The van der Waals surface area contributed by atoms with Crippen molar-refractivity contribution in [1.82, 2.24) is 0 Å². The van der Waals surface area contributed by atoms with Crippen molar-refractivity contribution in [1.29, 1.82) is 0 Å². The predicted octanol–water partition coefficient (Wildman–Crippen LogP) is -3.72. The van der Waals surface area contributed by atoms with Gasteiger partial charge in [-0.2, -0.15) is 0 Å². The molecule has 0 atom stereocenters. The first-order chi connectivity index (χ1) is 4.64. The Morgan fingerprint density at radius 1 is 0.833 bits per heavy atom. The zero-order valence-corrected chi connectivity index (χ0v) is 6.56. The molecule has 0 amide bonds. The van der Waals surface area contributed by atoms with Crippen LogP contribution < -0.4 is 0 Å². The van der Waals surface area contributed by atoms with Gasteiger partial charge in [0.25, 0.3) is 0 Å². The van der Waals surface area contributed by atoms with E-state index in [1.165, 1.54) is 0 Å². The third-order valence-corrected chi connectivity index (χ3v) is 0.183. The van der Waals surface area contributed by atoms with Crippen LogP contribution in [-0.4, -0.2) is 55.8 Å². The Morgan fingerprint density at radius 2 is 0.917 bits per heavy atom. The van der Waals surface area contributed by atoms with E-state index in [0.29, 0.717) is 0 Å². The number of rotatable bonds is 0. The molecule has 6 N–H and O–H groups in total. The van der Waals surface area contributed by atoms with Crippen LogP contribution in [0.5, 0.6) is 0 Å². The minimum atomic E-state index is -5.00. The summed E-state index contributed by atoms with van der Waals surface area (Å²) in [5, 5.41) is 14.8. The van der Waals surface area contributed by atoms with Crippen LogP contribution in [0.25, 0.3) is 0 Å². The molecule has 0 aromatic rings. The molecule has 0 heterocycles. The SMILES string of the molecule is O=C(O)C(=O)O.[LiH].[OH][Ti]([OH])([OH])[OH]. The van der Waals surface area contributed by atoms with Gasteiger partial charge in [0.1, 0.15) is 0 Å². The fraction of sp³-hybridized carbons (Fsp3) is 0. The second-order valence-corrected chi connectivity index (χ2v) is 3.08. The van der Waals surface area contributed by atoms with Crippen LogP contribution in [0.4, 0.5) is 0 Å². The second kappa shape index (κ2) is 7.73. The van der Waals surface area contributed by atoms with Crippen molar-refractivity contribution in [3.05, 3.63) is 0 Å². The summed E-state index contributed by atoms with van der Waals surface area (Å²) < 4.78 is 29.5. The first-order valence-corrected chi connectivity index (χ1v) is 4.79. The quantitative estimate of drug-likeness (QED) is 0.177. The van der Waals surface area contributed by atoms with Crippen LogP contribution in [0.3, 0.4) is 0 Å². The van der Waals surface area contributed by atoms with Crippen molar-refractivity contribution in [3.8, 4) is 0 Å². The summed E-state index contributed by atoms with van der Waals surface area (Å²) in [4.78, 5) is 18.2. The molecule has 0 aliphatic heterocycles. The number of carboxylic acids is 2. The Balaban J connectivity index is -0.000000126. The van der Waals surface area contributed by atoms with Crippen LogP contribution in [0.1, 0.15) is 0 Å². The van der Waals surface area contributed by atoms with Gasteiger partial charge in [-0.15, -0.1) is 0 Å². The zero-order valence-electron chi connectivity index (χ0n) is 5.00. The molecule has 0 aromatic carbocycles. The first-order valence-electron chi connectivity index (χ1n) is 2.00. The molecule has 68 valence electrons. The van der Waals surface area contributed by atoms with Crippen LogP contribution in [0.2, 0.25) is 0 Å². The average Bonchev–Trinajstić information content (AvgIpc) is 1.59. The fourth-order valence-electron chi connectivity index (χ4n) is 0. The number of carboxylic acid groups (broad SMARTS) is 2. The summed E-state index contributed by atoms with van der Waals surface area (Å²) >= 11 is -5.00. The van der Waals surface area contributed by atoms with E-state index >= 15 is 0 Å². The van der Waals surface area contributed by atoms with Gasteiger partial charge in [0.2, 0.25) is 0 Å². The maximum atomic E-state index is 9.10. The van der Waals surface area contributed by atoms with Gasteiger partial charge in [-0.25, -0.2) is 9.59 Å². The molecule has 0 radical (unpaired) electrons. The normalized spacial score (nSPS) is 8.67. The summed E-state index contributed by atoms with van der Waals surface area (Å²) in [5.74, 6) is -3.65. The van der Waals surface area contributed by atoms with E-state index in [4.69, 9.17) is 34.6 Å². The van der Waals surface area contributed by atoms with Crippen LogP contribution in [0, 0.1) is 0 Å². The van der Waals surface area contributed by atoms with Crippen molar-refractivity contribution in [3.63, 3.8) is 0 Å². The van der Waals surface area contributed by atoms with Crippen LogP contribution in [0.15, 0.2) is 0 Å². The Kier molecular flexibility index (Phi) is 11.6. The van der Waals surface area contributed by atoms with Crippen molar-refractivity contribution >= 4 is 30.8 Å². The van der Waals surface area contributed by atoms with Gasteiger partial charge in [0.05, 0.1) is 0 Å². The van der Waals surface area contributed by atoms with E-state index in [2.05, 4.69) is 0 Å². The van der Waals surface area contributed by atoms with Crippen LogP contribution in [-0.2, 0) is 27.7 Å². The molecular formula is C2H7LiO8Ti. The summed E-state index contributed by atoms with van der Waals surface area (Å²) in [5.41, 5.74) is 0. The molecule has 0 aromatic heterocycles. The standard InChI is InChI=1S/C2H2O4.Li.4H2O.Ti.H/c3-1(4)2(5)6;;;;;;;/h(H,3,4)(H,5,6);;4*1H2;;/q;;;;;;+4;/p-4. The summed E-state index contributed by atoms with van der Waals surface area (Å²) in [7, 11) is 0. The average molecular weight is 214 g/mol. The molecule has 0 fully saturated rings. The maximum absolute atomic E-state index is 9.10. The van der Waals surface area contributed by atoms with Gasteiger partial charge in [0.15, 0.2) is 0 Å². The predicted molar refractivity (Wildman–Crippen MR) is 31.3 cm³/mol. The fourth-order valence-corrected chi connectivity index (χ4v) is 0. The molecule has 0 rings (SSSR count). The molecule has 0 unspecified atom stereocenters. The monoisotopic (exact) mass is 214 g/mol. The van der Waals surface area contributed by atoms with Crippen molar-refractivity contribution < 1.29 is 52.7 Å². The van der Waals surface area contributed by atoms with Gasteiger partial charge in [0, 0.05) is 0 Å². The van der Waals surface area contributed by atoms with Gasteiger partial charge in [-0.05, 0) is 0 Å². The van der Waals surface area contributed by atoms with Crippen molar-refractivity contribution in [2.24, 2.45) is 0 Å². The van der Waals surface area contributed by atoms with Crippen molar-refractivity contribution in [2.75, 3.05) is 0 Å². The van der Waals surface area contributed by atoms with E-state index in [-0.39, 0.29) is 18.9 Å². The number of carbonyl (C=O) groups is 2. The number of aliphatic carboxylic acids is 2. The zero-order chi connectivity index (χ0) is 9.65. The molecule has 10 heteroatoms. The van der Waals surface area contributed by atoms with Crippen LogP contribution >= 0.6 is 0 Å². The Labute approximate surface area is 83.5 Å². The summed E-state index contributed by atoms with van der Waals surface area (Å²) in [6.45, 7) is 0. The van der Waals surface area contributed by atoms with Gasteiger partial charge in [-0.1, -0.05) is 0 Å². The Hall–Kier alpha value is 0.0917. The number of hydrogen-bond donors (Lipinski definition) is 6. The second-order valence-electron chi connectivity index (χ2n) is 1.21. The Morgan fingerprint density at radius 3 is 0.917 bits per heavy atom. The summed E-state index contributed by atoms with van der Waals surface area (Å²) in [6.07, 6.45) is 0. The van der Waals surface area contributed by atoms with Gasteiger partial charge >= 0.3 is 63.7 Å². The van der Waals surface area contributed by atoms with E-state index in [0.717, 1.165) is 0 Å². The molecule has 0 aliphatic carbocycles. The van der Waals surface area contributed by atoms with Gasteiger partial charge < -0.3 is 10.2 Å². The number of hydrogen-bond acceptors (Lipinski definition) is 6. The first kappa shape index (κ1) is 18.0. The molecule has 0 saturated carbocycles. The molecule has 0 bridgehead atoms. The third-order valence-electron chi connectivity index (χ3n) is 0.183.